The highest BCUT2D eigenvalue weighted by Crippen LogP contribution is 2.47. The maximum Gasteiger partial charge on any atom is 0.319 e. The van der Waals surface area contributed by atoms with E-state index in [2.05, 4.69) is 38.3 Å². The number of aryl methyl sites for hydroxylation is 1. The van der Waals surface area contributed by atoms with Gasteiger partial charge in [0.15, 0.2) is 0 Å². The van der Waals surface area contributed by atoms with E-state index in [1.807, 2.05) is 18.2 Å². The van der Waals surface area contributed by atoms with Crippen LogP contribution in [-0.4, -0.2) is 110 Å². The SMILES string of the molecule is CO[C@H]1/C=C\CCCS(=O)(NC(=O)COC2CCN(C(=O)N(C)C)CC2)=NC(=O)c2ccc3c(c2)N(C[C@@H]2CC[C@H]21)C[C@@]1(CCCc2cc(Cl)ccc21)CO3. The molecule has 3 aliphatic heterocycles. The van der Waals surface area contributed by atoms with E-state index in [1.165, 1.54) is 11.1 Å². The van der Waals surface area contributed by atoms with Gasteiger partial charge in [-0.2, -0.15) is 0 Å². The maximum atomic E-state index is 14.4. The number of benzene rings is 2. The van der Waals surface area contributed by atoms with Gasteiger partial charge in [0.1, 0.15) is 22.3 Å². The summed E-state index contributed by atoms with van der Waals surface area (Å²) >= 11 is 6.46. The molecular formula is C41H54ClN5O7S. The molecule has 0 aromatic heterocycles. The summed E-state index contributed by atoms with van der Waals surface area (Å²) in [6.07, 6.45) is 11.2. The normalized spacial score (nSPS) is 29.1. The molecule has 1 N–H and O–H groups in total. The second-order valence-corrected chi connectivity index (χ2v) is 18.5. The van der Waals surface area contributed by atoms with Crippen LogP contribution in [0.15, 0.2) is 52.9 Å². The molecule has 298 valence electrons. The molecule has 2 bridgehead atoms. The molecule has 3 heterocycles. The number of halogens is 1. The average molecular weight is 796 g/mol. The maximum absolute atomic E-state index is 14.4. The zero-order valence-electron chi connectivity index (χ0n) is 32.2. The van der Waals surface area contributed by atoms with Crippen LogP contribution in [-0.2, 0) is 36.0 Å². The Balaban J connectivity index is 1.15. The standard InChI is InChI=1S/C41H54ClN5O7S/c1-45(2)40(50)46-19-16-32(17-20-46)53-25-38(48)43-55(51)21-6-4-5-9-36(52-3)33-13-10-30(33)24-47-26-41(18-7-8-28-22-31(42)12-14-34(28)41)27-54-37-15-11-29(23-35(37)47)39(49)44-55/h5,9,11-12,14-15,22-23,30,32-33,36H,4,6-8,10,13,16-21,24-27H2,1-3H3,(H,43,44,48,49,51)/b9-5-/t30-,33+,36-,41-,55?/m0/s1. The lowest BCUT2D eigenvalue weighted by Gasteiger charge is -2.46. The summed E-state index contributed by atoms with van der Waals surface area (Å²) in [6, 6.07) is 11.5. The molecule has 55 heavy (non-hydrogen) atoms. The lowest BCUT2D eigenvalue weighted by atomic mass is 9.68. The highest BCUT2D eigenvalue weighted by Gasteiger charge is 2.44. The topological polar surface area (TPSA) is 130 Å². The van der Waals surface area contributed by atoms with E-state index in [9.17, 15) is 18.6 Å². The molecule has 0 radical (unpaired) electrons. The van der Waals surface area contributed by atoms with Gasteiger partial charge in [0, 0.05) is 63.4 Å². The first-order chi connectivity index (χ1) is 26.5. The van der Waals surface area contributed by atoms with E-state index in [0.717, 1.165) is 49.4 Å². The van der Waals surface area contributed by atoms with Crippen LogP contribution in [0.5, 0.6) is 5.75 Å². The van der Waals surface area contributed by atoms with Gasteiger partial charge >= 0.3 is 6.03 Å². The molecule has 7 rings (SSSR count). The molecule has 1 spiro atoms. The average Bonchev–Trinajstić information content (AvgIpc) is 3.31. The Labute approximate surface area is 330 Å². The number of methoxy groups -OCH3 is 1. The van der Waals surface area contributed by atoms with Crippen LogP contribution in [0.25, 0.3) is 0 Å². The van der Waals surface area contributed by atoms with E-state index in [4.69, 9.17) is 25.8 Å². The number of rotatable bonds is 5. The molecule has 2 aromatic carbocycles. The Hall–Kier alpha value is -3.65. The van der Waals surface area contributed by atoms with Crippen LogP contribution in [0.1, 0.15) is 72.9 Å². The van der Waals surface area contributed by atoms with Gasteiger partial charge in [-0.05, 0) is 111 Å². The molecule has 4 amide bonds. The fourth-order valence-corrected chi connectivity index (χ4v) is 10.8. The van der Waals surface area contributed by atoms with E-state index in [0.29, 0.717) is 69.5 Å². The van der Waals surface area contributed by atoms with Crippen molar-refractivity contribution in [3.63, 3.8) is 0 Å². The molecule has 1 unspecified atom stereocenters. The van der Waals surface area contributed by atoms with Gasteiger partial charge in [-0.3, -0.25) is 14.3 Å². The van der Waals surface area contributed by atoms with Crippen molar-refractivity contribution in [1.82, 2.24) is 14.5 Å². The Morgan fingerprint density at radius 3 is 2.67 bits per heavy atom. The Bertz CT molecular complexity index is 1920. The molecule has 2 aromatic rings. The largest absolute Gasteiger partial charge is 0.490 e. The molecule has 12 nitrogen and oxygen atoms in total. The minimum Gasteiger partial charge on any atom is -0.490 e. The number of likely N-dealkylation sites (tertiary alicyclic amines) is 1. The third-order valence-corrected chi connectivity index (χ3v) is 14.2. The number of fused-ring (bicyclic) bond motifs is 4. The van der Waals surface area contributed by atoms with Crippen molar-refractivity contribution in [2.24, 2.45) is 16.2 Å². The van der Waals surface area contributed by atoms with Crippen molar-refractivity contribution in [1.29, 1.82) is 0 Å². The Kier molecular flexibility index (Phi) is 12.1. The van der Waals surface area contributed by atoms with Crippen molar-refractivity contribution in [2.75, 3.05) is 71.3 Å². The molecule has 1 saturated carbocycles. The summed E-state index contributed by atoms with van der Waals surface area (Å²) in [5.41, 5.74) is 3.34. The minimum absolute atomic E-state index is 0.00429. The quantitative estimate of drug-likeness (QED) is 0.365. The molecule has 1 saturated heterocycles. The molecular weight excluding hydrogens is 742 g/mol. The number of allylic oxidation sites excluding steroid dienone is 1. The number of urea groups is 1. The van der Waals surface area contributed by atoms with Crippen LogP contribution < -0.4 is 14.4 Å². The number of nitrogens with one attached hydrogen (secondary N) is 1. The number of ether oxygens (including phenoxy) is 3. The second kappa shape index (κ2) is 16.8. The summed E-state index contributed by atoms with van der Waals surface area (Å²) in [7, 11) is 1.68. The Morgan fingerprint density at radius 1 is 1.11 bits per heavy atom. The predicted molar refractivity (Wildman–Crippen MR) is 213 cm³/mol. The monoisotopic (exact) mass is 795 g/mol. The first-order valence-corrected chi connectivity index (χ1v) is 21.7. The van der Waals surface area contributed by atoms with Crippen molar-refractivity contribution >= 4 is 45.0 Å². The van der Waals surface area contributed by atoms with Gasteiger partial charge in [0.25, 0.3) is 11.8 Å². The van der Waals surface area contributed by atoms with Crippen molar-refractivity contribution < 1.29 is 32.8 Å². The fraction of sp³-hybridized carbons (Fsp3) is 0.585. The number of hydrogen-bond acceptors (Lipinski definition) is 8. The number of nitrogens with zero attached hydrogens (tertiary/aromatic N) is 4. The van der Waals surface area contributed by atoms with Crippen LogP contribution in [0, 0.1) is 11.8 Å². The highest BCUT2D eigenvalue weighted by molar-refractivity contribution is 7.92. The third-order valence-electron chi connectivity index (χ3n) is 12.1. The first kappa shape index (κ1) is 39.6. The highest BCUT2D eigenvalue weighted by atomic mass is 35.5. The van der Waals surface area contributed by atoms with Gasteiger partial charge in [-0.25, -0.2) is 9.00 Å². The van der Waals surface area contributed by atoms with Crippen LogP contribution in [0.4, 0.5) is 10.5 Å². The molecule has 2 fully saturated rings. The first-order valence-electron chi connectivity index (χ1n) is 19.6. The van der Waals surface area contributed by atoms with Gasteiger partial charge in [0.05, 0.1) is 30.3 Å². The third kappa shape index (κ3) is 8.85. The second-order valence-electron chi connectivity index (χ2n) is 16.0. The summed E-state index contributed by atoms with van der Waals surface area (Å²) < 4.78 is 39.8. The van der Waals surface area contributed by atoms with E-state index < -0.39 is 21.7 Å². The number of piperidine rings is 1. The van der Waals surface area contributed by atoms with Gasteiger partial charge in [-0.15, -0.1) is 4.36 Å². The van der Waals surface area contributed by atoms with Gasteiger partial charge in [-0.1, -0.05) is 29.8 Å². The van der Waals surface area contributed by atoms with Crippen molar-refractivity contribution in [2.45, 2.75) is 75.4 Å². The predicted octanol–water partition coefficient (Wildman–Crippen LogP) is 6.01. The van der Waals surface area contributed by atoms with Crippen LogP contribution in [0.2, 0.25) is 5.02 Å². The van der Waals surface area contributed by atoms with E-state index >= 15 is 0 Å². The van der Waals surface area contributed by atoms with E-state index in [1.54, 1.807) is 37.1 Å². The number of hydrogen-bond donors (Lipinski definition) is 1. The zero-order valence-corrected chi connectivity index (χ0v) is 33.7. The van der Waals surface area contributed by atoms with Crippen molar-refractivity contribution in [3.8, 4) is 5.75 Å². The van der Waals surface area contributed by atoms with Gasteiger partial charge < -0.3 is 28.9 Å². The summed E-state index contributed by atoms with van der Waals surface area (Å²) in [6.45, 7) is 2.69. The fourth-order valence-electron chi connectivity index (χ4n) is 9.01. The smallest absolute Gasteiger partial charge is 0.319 e. The van der Waals surface area contributed by atoms with Crippen molar-refractivity contribution in [3.05, 3.63) is 70.3 Å². The van der Waals surface area contributed by atoms with Crippen LogP contribution in [0.3, 0.4) is 0 Å². The number of amides is 4. The van der Waals surface area contributed by atoms with Crippen LogP contribution >= 0.6 is 11.6 Å². The van der Waals surface area contributed by atoms with E-state index in [-0.39, 0.29) is 41.6 Å². The molecule has 5 atom stereocenters. The molecule has 14 heteroatoms. The number of anilines is 1. The summed E-state index contributed by atoms with van der Waals surface area (Å²) in [5.74, 6) is 0.140. The number of carbonyl (C=O) groups is 3. The summed E-state index contributed by atoms with van der Waals surface area (Å²) in [5, 5.41) is 0.733. The number of carbonyl (C=O) groups excluding carboxylic acids is 3. The van der Waals surface area contributed by atoms with Gasteiger partial charge in [0.2, 0.25) is 0 Å². The minimum atomic E-state index is -3.51. The Morgan fingerprint density at radius 2 is 1.93 bits per heavy atom. The molecule has 2 aliphatic carbocycles. The lowest BCUT2D eigenvalue weighted by molar-refractivity contribution is -0.126. The molecule has 5 aliphatic rings. The zero-order chi connectivity index (χ0) is 38.7. The summed E-state index contributed by atoms with van der Waals surface area (Å²) in [4.78, 5) is 45.2. The lowest BCUT2D eigenvalue weighted by Crippen LogP contribution is -2.49.